The Labute approximate surface area is 125 Å². The zero-order valence-corrected chi connectivity index (χ0v) is 15.2. The smallest absolute Gasteiger partial charge is 0.123 e. The predicted octanol–water partition coefficient (Wildman–Crippen LogP) is 3.44. The highest BCUT2D eigenvalue weighted by Gasteiger charge is 2.63. The van der Waals surface area contributed by atoms with Crippen molar-refractivity contribution in [2.24, 2.45) is 5.92 Å². The minimum Gasteiger partial charge on any atom is -0.390 e. The maximum Gasteiger partial charge on any atom is 0.123 e. The molecule has 3 nitrogen and oxygen atoms in total. The molecule has 2 bridgehead atoms. The summed E-state index contributed by atoms with van der Waals surface area (Å²) in [6.45, 7) is 16.7. The van der Waals surface area contributed by atoms with Crippen LogP contribution in [0.1, 0.15) is 41.0 Å². The lowest BCUT2D eigenvalue weighted by Gasteiger charge is -2.42. The highest BCUT2D eigenvalue weighted by atomic mass is 28.3. The van der Waals surface area contributed by atoms with Gasteiger partial charge in [-0.1, -0.05) is 40.8 Å². The van der Waals surface area contributed by atoms with E-state index in [2.05, 4.69) is 40.8 Å². The van der Waals surface area contributed by atoms with Crippen LogP contribution < -0.4 is 0 Å². The van der Waals surface area contributed by atoms with Crippen molar-refractivity contribution in [3.63, 3.8) is 0 Å². The normalized spacial score (nSPS) is 39.3. The average Bonchev–Trinajstić information content (AvgIpc) is 2.78. The number of ether oxygens (including phenoxy) is 2. The van der Waals surface area contributed by atoms with Crippen LogP contribution in [0.4, 0.5) is 0 Å². The molecule has 0 saturated carbocycles. The van der Waals surface area contributed by atoms with Gasteiger partial charge < -0.3 is 14.6 Å². The fourth-order valence-corrected chi connectivity index (χ4v) is 5.93. The van der Waals surface area contributed by atoms with Gasteiger partial charge in [0.15, 0.2) is 0 Å². The molecule has 0 aromatic rings. The third-order valence-corrected chi connectivity index (χ3v) is 11.6. The van der Waals surface area contributed by atoms with Crippen LogP contribution in [0, 0.1) is 5.92 Å². The molecule has 0 amide bonds. The Hall–Kier alpha value is 0.0969. The van der Waals surface area contributed by atoms with Gasteiger partial charge in [-0.25, -0.2) is 0 Å². The number of hydrogen-bond acceptors (Lipinski definition) is 3. The number of rotatable bonds is 4. The SMILES string of the molecule is CC[C@H](O)[C@@]12CO[C@@H]([C@H](C)O1)[C@@H]2C[Si](C)(C)C(C)(C)C. The van der Waals surface area contributed by atoms with E-state index >= 15 is 0 Å². The molecular formula is C16H32O3Si. The van der Waals surface area contributed by atoms with Crippen LogP contribution >= 0.6 is 0 Å². The first kappa shape index (κ1) is 16.5. The molecular weight excluding hydrogens is 268 g/mol. The Morgan fingerprint density at radius 2 is 1.95 bits per heavy atom. The van der Waals surface area contributed by atoms with Crippen LogP contribution in [0.25, 0.3) is 0 Å². The van der Waals surface area contributed by atoms with Gasteiger partial charge in [-0.15, -0.1) is 0 Å². The predicted molar refractivity (Wildman–Crippen MR) is 84.8 cm³/mol. The Morgan fingerprint density at radius 1 is 1.35 bits per heavy atom. The standard InChI is InChI=1S/C16H32O3Si/c1-8-13(17)16-10-18-14(11(2)19-16)12(16)9-20(6,7)15(3,4)5/h11-14,17H,8-10H2,1-7H3/t11-,12-,13-,14-,16-/m0/s1. The monoisotopic (exact) mass is 300 g/mol. The van der Waals surface area contributed by atoms with E-state index in [-0.39, 0.29) is 12.2 Å². The first-order chi connectivity index (χ1) is 9.05. The third-order valence-electron chi connectivity index (χ3n) is 6.10. The Kier molecular flexibility index (Phi) is 4.18. The van der Waals surface area contributed by atoms with Crippen LogP contribution in [0.3, 0.4) is 0 Å². The summed E-state index contributed by atoms with van der Waals surface area (Å²) in [6, 6.07) is 1.17. The van der Waals surface area contributed by atoms with E-state index in [1.54, 1.807) is 0 Å². The highest BCUT2D eigenvalue weighted by Crippen LogP contribution is 2.53. The molecule has 2 saturated heterocycles. The van der Waals surface area contributed by atoms with Gasteiger partial charge in [0, 0.05) is 5.92 Å². The molecule has 118 valence electrons. The molecule has 0 aromatic carbocycles. The van der Waals surface area contributed by atoms with E-state index in [1.807, 2.05) is 6.92 Å². The van der Waals surface area contributed by atoms with Gasteiger partial charge in [0.2, 0.25) is 0 Å². The van der Waals surface area contributed by atoms with Gasteiger partial charge in [0.05, 0.1) is 33.0 Å². The molecule has 20 heavy (non-hydrogen) atoms. The summed E-state index contributed by atoms with van der Waals surface area (Å²) in [5.41, 5.74) is -0.450. The summed E-state index contributed by atoms with van der Waals surface area (Å²) in [6.07, 6.45) is 0.605. The topological polar surface area (TPSA) is 38.7 Å². The third kappa shape index (κ3) is 2.38. The Bertz CT molecular complexity index is 363. The van der Waals surface area contributed by atoms with E-state index in [0.29, 0.717) is 17.6 Å². The first-order valence-electron chi connectivity index (χ1n) is 8.02. The molecule has 2 fully saturated rings. The first-order valence-corrected chi connectivity index (χ1v) is 11.2. The molecule has 0 spiro atoms. The number of fused-ring (bicyclic) bond motifs is 2. The lowest BCUT2D eigenvalue weighted by Crippen LogP contribution is -2.51. The summed E-state index contributed by atoms with van der Waals surface area (Å²) in [5.74, 6) is 0.355. The van der Waals surface area contributed by atoms with Crippen molar-refractivity contribution in [2.45, 2.75) is 89.1 Å². The molecule has 5 atom stereocenters. The van der Waals surface area contributed by atoms with Crippen LogP contribution in [-0.4, -0.2) is 43.7 Å². The summed E-state index contributed by atoms with van der Waals surface area (Å²) in [4.78, 5) is 0. The fourth-order valence-electron chi connectivity index (χ4n) is 3.64. The number of aliphatic hydroxyl groups is 1. The molecule has 0 radical (unpaired) electrons. The summed E-state index contributed by atoms with van der Waals surface area (Å²) >= 11 is 0. The molecule has 0 aliphatic carbocycles. The van der Waals surface area contributed by atoms with Gasteiger partial charge in [0.1, 0.15) is 5.60 Å². The quantitative estimate of drug-likeness (QED) is 0.808. The Balaban J connectivity index is 2.26. The van der Waals surface area contributed by atoms with E-state index in [1.165, 1.54) is 6.04 Å². The van der Waals surface area contributed by atoms with E-state index < -0.39 is 19.8 Å². The van der Waals surface area contributed by atoms with Crippen LogP contribution in [0.2, 0.25) is 24.2 Å². The fraction of sp³-hybridized carbons (Fsp3) is 1.00. The second kappa shape index (κ2) is 5.08. The molecule has 4 heteroatoms. The van der Waals surface area contributed by atoms with E-state index in [0.717, 1.165) is 6.42 Å². The Morgan fingerprint density at radius 3 is 2.40 bits per heavy atom. The van der Waals surface area contributed by atoms with Crippen LogP contribution in [-0.2, 0) is 9.47 Å². The molecule has 2 aliphatic heterocycles. The molecule has 2 aliphatic rings. The number of hydrogen-bond donors (Lipinski definition) is 1. The highest BCUT2D eigenvalue weighted by molar-refractivity contribution is 6.80. The van der Waals surface area contributed by atoms with Gasteiger partial charge in [0.25, 0.3) is 0 Å². The maximum atomic E-state index is 10.5. The second-order valence-corrected chi connectivity index (χ2v) is 14.1. The number of aliphatic hydroxyl groups excluding tert-OH is 1. The van der Waals surface area contributed by atoms with Crippen LogP contribution in [0.5, 0.6) is 0 Å². The van der Waals surface area contributed by atoms with Crippen LogP contribution in [0.15, 0.2) is 0 Å². The molecule has 2 heterocycles. The molecule has 0 aromatic heterocycles. The summed E-state index contributed by atoms with van der Waals surface area (Å²) < 4.78 is 12.2. The van der Waals surface area contributed by atoms with Crippen molar-refractivity contribution in [2.75, 3.05) is 6.61 Å². The van der Waals surface area contributed by atoms with Crippen molar-refractivity contribution < 1.29 is 14.6 Å². The van der Waals surface area contributed by atoms with Crippen molar-refractivity contribution in [3.05, 3.63) is 0 Å². The zero-order chi connectivity index (χ0) is 15.3. The summed E-state index contributed by atoms with van der Waals surface area (Å²) in [5, 5.41) is 10.9. The van der Waals surface area contributed by atoms with E-state index in [4.69, 9.17) is 9.47 Å². The van der Waals surface area contributed by atoms with Crippen molar-refractivity contribution in [3.8, 4) is 0 Å². The maximum absolute atomic E-state index is 10.5. The molecule has 2 rings (SSSR count). The van der Waals surface area contributed by atoms with Crippen molar-refractivity contribution in [1.29, 1.82) is 0 Å². The molecule has 1 N–H and O–H groups in total. The minimum atomic E-state index is -1.42. The van der Waals surface area contributed by atoms with Gasteiger partial charge in [-0.05, 0) is 24.4 Å². The minimum absolute atomic E-state index is 0.111. The van der Waals surface area contributed by atoms with Crippen molar-refractivity contribution in [1.82, 2.24) is 0 Å². The van der Waals surface area contributed by atoms with Gasteiger partial charge >= 0.3 is 0 Å². The summed E-state index contributed by atoms with van der Waals surface area (Å²) in [7, 11) is -1.42. The van der Waals surface area contributed by atoms with E-state index in [9.17, 15) is 5.11 Å². The lowest BCUT2D eigenvalue weighted by atomic mass is 9.84. The lowest BCUT2D eigenvalue weighted by molar-refractivity contribution is -0.179. The second-order valence-electron chi connectivity index (χ2n) is 8.42. The van der Waals surface area contributed by atoms with Gasteiger partial charge in [-0.3, -0.25) is 0 Å². The van der Waals surface area contributed by atoms with Crippen molar-refractivity contribution >= 4 is 8.07 Å². The molecule has 0 unspecified atom stereocenters. The average molecular weight is 301 g/mol. The zero-order valence-electron chi connectivity index (χ0n) is 14.2. The van der Waals surface area contributed by atoms with Gasteiger partial charge in [-0.2, -0.15) is 0 Å². The largest absolute Gasteiger partial charge is 0.390 e.